The summed E-state index contributed by atoms with van der Waals surface area (Å²) >= 11 is 0. The zero-order valence-corrected chi connectivity index (χ0v) is 18.3. The molecule has 0 spiro atoms. The third kappa shape index (κ3) is 5.12. The fourth-order valence-electron chi connectivity index (χ4n) is 3.30. The van der Waals surface area contributed by atoms with Crippen molar-refractivity contribution in [2.45, 2.75) is 13.2 Å². The SMILES string of the molecule is COc1cccc(CNC(=O)c2ccccc2OCc2nc(-c3ccccc3)no2)c1OC. The van der Waals surface area contributed by atoms with E-state index in [1.165, 1.54) is 0 Å². The van der Waals surface area contributed by atoms with Gasteiger partial charge < -0.3 is 24.1 Å². The molecule has 0 atom stereocenters. The molecular weight excluding hydrogens is 422 g/mol. The quantitative estimate of drug-likeness (QED) is 0.411. The molecule has 0 saturated carbocycles. The number of carbonyl (C=O) groups is 1. The van der Waals surface area contributed by atoms with E-state index >= 15 is 0 Å². The van der Waals surface area contributed by atoms with E-state index in [1.54, 1.807) is 44.6 Å². The van der Waals surface area contributed by atoms with Crippen molar-refractivity contribution >= 4 is 5.91 Å². The van der Waals surface area contributed by atoms with E-state index in [-0.39, 0.29) is 19.1 Å². The highest BCUT2D eigenvalue weighted by atomic mass is 16.5. The predicted octanol–water partition coefficient (Wildman–Crippen LogP) is 4.26. The van der Waals surface area contributed by atoms with E-state index in [4.69, 9.17) is 18.7 Å². The van der Waals surface area contributed by atoms with Crippen LogP contribution < -0.4 is 19.5 Å². The lowest BCUT2D eigenvalue weighted by molar-refractivity contribution is 0.0945. The minimum Gasteiger partial charge on any atom is -0.493 e. The van der Waals surface area contributed by atoms with E-state index < -0.39 is 0 Å². The number of ether oxygens (including phenoxy) is 3. The van der Waals surface area contributed by atoms with Gasteiger partial charge in [-0.25, -0.2) is 0 Å². The van der Waals surface area contributed by atoms with Crippen LogP contribution in [0.2, 0.25) is 0 Å². The minimum atomic E-state index is -0.286. The van der Waals surface area contributed by atoms with Crippen LogP contribution in [0.4, 0.5) is 0 Å². The molecule has 0 aliphatic rings. The lowest BCUT2D eigenvalue weighted by Crippen LogP contribution is -2.23. The Bertz CT molecular complexity index is 1220. The molecular formula is C25H23N3O5. The molecule has 0 radical (unpaired) electrons. The summed E-state index contributed by atoms with van der Waals surface area (Å²) in [6.45, 7) is 0.297. The molecule has 3 aromatic carbocycles. The molecule has 168 valence electrons. The van der Waals surface area contributed by atoms with Crippen LogP contribution in [0.1, 0.15) is 21.8 Å². The average Bonchev–Trinajstić information content (AvgIpc) is 3.35. The Morgan fingerprint density at radius 2 is 1.67 bits per heavy atom. The van der Waals surface area contributed by atoms with Gasteiger partial charge in [-0.1, -0.05) is 59.8 Å². The Labute approximate surface area is 191 Å². The molecule has 4 rings (SSSR count). The van der Waals surface area contributed by atoms with Gasteiger partial charge in [-0.15, -0.1) is 0 Å². The largest absolute Gasteiger partial charge is 0.493 e. The Hall–Kier alpha value is -4.33. The van der Waals surface area contributed by atoms with Crippen LogP contribution in [-0.4, -0.2) is 30.3 Å². The summed E-state index contributed by atoms with van der Waals surface area (Å²) in [5, 5.41) is 6.88. The number of hydrogen-bond acceptors (Lipinski definition) is 7. The van der Waals surface area contributed by atoms with Crippen LogP contribution in [0.15, 0.2) is 77.3 Å². The standard InChI is InChI=1S/C25H23N3O5/c1-30-21-14-8-11-18(23(21)31-2)15-26-25(29)19-12-6-7-13-20(19)32-16-22-27-24(28-33-22)17-9-4-3-5-10-17/h3-14H,15-16H2,1-2H3,(H,26,29). The van der Waals surface area contributed by atoms with Crippen LogP contribution in [0, 0.1) is 0 Å². The molecule has 1 N–H and O–H groups in total. The zero-order valence-electron chi connectivity index (χ0n) is 18.3. The predicted molar refractivity (Wildman–Crippen MR) is 121 cm³/mol. The minimum absolute atomic E-state index is 0.0355. The van der Waals surface area contributed by atoms with E-state index in [2.05, 4.69) is 15.5 Å². The second kappa shape index (κ2) is 10.3. The Morgan fingerprint density at radius 3 is 2.45 bits per heavy atom. The highest BCUT2D eigenvalue weighted by Gasteiger charge is 2.16. The molecule has 8 heteroatoms. The van der Waals surface area contributed by atoms with Gasteiger partial charge in [0.1, 0.15) is 5.75 Å². The van der Waals surface area contributed by atoms with Gasteiger partial charge in [0.2, 0.25) is 5.82 Å². The van der Waals surface area contributed by atoms with Crippen LogP contribution in [0.25, 0.3) is 11.4 Å². The van der Waals surface area contributed by atoms with Crippen LogP contribution in [-0.2, 0) is 13.2 Å². The van der Waals surface area contributed by atoms with Gasteiger partial charge in [0, 0.05) is 17.7 Å². The van der Waals surface area contributed by atoms with Gasteiger partial charge >= 0.3 is 0 Å². The second-order valence-corrected chi connectivity index (χ2v) is 7.00. The molecule has 0 aliphatic carbocycles. The fraction of sp³-hybridized carbons (Fsp3) is 0.160. The first-order chi connectivity index (χ1) is 16.2. The molecule has 0 fully saturated rings. The number of para-hydroxylation sites is 2. The normalized spacial score (nSPS) is 10.5. The number of hydrogen-bond donors (Lipinski definition) is 1. The molecule has 4 aromatic rings. The van der Waals surface area contributed by atoms with Gasteiger partial charge in [0.15, 0.2) is 18.1 Å². The van der Waals surface area contributed by atoms with Gasteiger partial charge in [-0.3, -0.25) is 4.79 Å². The molecule has 0 saturated heterocycles. The first-order valence-corrected chi connectivity index (χ1v) is 10.3. The number of aromatic nitrogens is 2. The smallest absolute Gasteiger partial charge is 0.264 e. The maximum atomic E-state index is 12.9. The molecule has 1 amide bonds. The lowest BCUT2D eigenvalue weighted by Gasteiger charge is -2.14. The third-order valence-electron chi connectivity index (χ3n) is 4.91. The highest BCUT2D eigenvalue weighted by Crippen LogP contribution is 2.30. The van der Waals surface area contributed by atoms with Crippen LogP contribution in [0.5, 0.6) is 17.2 Å². The van der Waals surface area contributed by atoms with Crippen molar-refractivity contribution in [3.05, 3.63) is 89.8 Å². The van der Waals surface area contributed by atoms with E-state index in [0.717, 1.165) is 11.1 Å². The molecule has 0 aliphatic heterocycles. The summed E-state index contributed by atoms with van der Waals surface area (Å²) in [6.07, 6.45) is 0. The number of methoxy groups -OCH3 is 2. The van der Waals surface area contributed by atoms with Crippen molar-refractivity contribution in [1.29, 1.82) is 0 Å². The molecule has 33 heavy (non-hydrogen) atoms. The van der Waals surface area contributed by atoms with Crippen molar-refractivity contribution in [3.8, 4) is 28.6 Å². The summed E-state index contributed by atoms with van der Waals surface area (Å²) < 4.78 is 21.8. The van der Waals surface area contributed by atoms with Crippen molar-refractivity contribution in [3.63, 3.8) is 0 Å². The topological polar surface area (TPSA) is 95.7 Å². The number of nitrogens with zero attached hydrogens (tertiary/aromatic N) is 2. The maximum Gasteiger partial charge on any atom is 0.264 e. The third-order valence-corrected chi connectivity index (χ3v) is 4.91. The number of nitrogens with one attached hydrogen (secondary N) is 1. The summed E-state index contributed by atoms with van der Waals surface area (Å²) in [5.74, 6) is 2.09. The number of carbonyl (C=O) groups excluding carboxylic acids is 1. The second-order valence-electron chi connectivity index (χ2n) is 7.00. The average molecular weight is 445 g/mol. The highest BCUT2D eigenvalue weighted by molar-refractivity contribution is 5.96. The van der Waals surface area contributed by atoms with E-state index in [1.807, 2.05) is 42.5 Å². The van der Waals surface area contributed by atoms with E-state index in [0.29, 0.717) is 34.5 Å². The number of benzene rings is 3. The van der Waals surface area contributed by atoms with Crippen LogP contribution >= 0.6 is 0 Å². The Balaban J connectivity index is 1.43. The zero-order chi connectivity index (χ0) is 23.0. The maximum absolute atomic E-state index is 12.9. The fourth-order valence-corrected chi connectivity index (χ4v) is 3.30. The number of rotatable bonds is 9. The van der Waals surface area contributed by atoms with Crippen molar-refractivity contribution in [2.24, 2.45) is 0 Å². The van der Waals surface area contributed by atoms with Gasteiger partial charge in [-0.05, 0) is 18.2 Å². The molecule has 0 unspecified atom stereocenters. The summed E-state index contributed by atoms with van der Waals surface area (Å²) in [6, 6.07) is 22.0. The lowest BCUT2D eigenvalue weighted by atomic mass is 10.1. The monoisotopic (exact) mass is 445 g/mol. The van der Waals surface area contributed by atoms with Crippen LogP contribution in [0.3, 0.4) is 0 Å². The van der Waals surface area contributed by atoms with Gasteiger partial charge in [0.05, 0.1) is 19.8 Å². The Morgan fingerprint density at radius 1 is 0.909 bits per heavy atom. The van der Waals surface area contributed by atoms with E-state index in [9.17, 15) is 4.79 Å². The first-order valence-electron chi connectivity index (χ1n) is 10.3. The molecule has 8 nitrogen and oxygen atoms in total. The molecule has 1 aromatic heterocycles. The van der Waals surface area contributed by atoms with Crippen molar-refractivity contribution in [2.75, 3.05) is 14.2 Å². The molecule has 0 bridgehead atoms. The Kier molecular flexibility index (Phi) is 6.84. The molecule has 1 heterocycles. The summed E-state index contributed by atoms with van der Waals surface area (Å²) in [7, 11) is 3.13. The summed E-state index contributed by atoms with van der Waals surface area (Å²) in [4.78, 5) is 17.2. The van der Waals surface area contributed by atoms with Crippen molar-refractivity contribution < 1.29 is 23.5 Å². The first kappa shape index (κ1) is 21.9. The summed E-state index contributed by atoms with van der Waals surface area (Å²) in [5.41, 5.74) is 2.03. The van der Waals surface area contributed by atoms with Gasteiger partial charge in [-0.2, -0.15) is 4.98 Å². The van der Waals surface area contributed by atoms with Crippen molar-refractivity contribution in [1.82, 2.24) is 15.5 Å². The van der Waals surface area contributed by atoms with Gasteiger partial charge in [0.25, 0.3) is 11.8 Å². The number of amides is 1.